The first-order valence-electron chi connectivity index (χ1n) is 9.61. The third-order valence-electron chi connectivity index (χ3n) is 4.84. The summed E-state index contributed by atoms with van der Waals surface area (Å²) in [5.41, 5.74) is 3.66. The predicted molar refractivity (Wildman–Crippen MR) is 123 cm³/mol. The molecule has 4 rings (SSSR count). The smallest absolute Gasteiger partial charge is 0.278 e. The highest BCUT2D eigenvalue weighted by Crippen LogP contribution is 2.27. The standard InChI is InChI=1S/C23H20N4O3S/c1-14(28)16-9-6-10-17(11-16)25-19(29)13-31-23-26-20-18(15-7-4-3-5-8-15)12-24-21(20)22(30)27(23)2/h3-12,24H,13H2,1-2H3,(H,25,29). The number of H-pyrrole nitrogens is 1. The second kappa shape index (κ2) is 8.61. The molecule has 8 heteroatoms. The largest absolute Gasteiger partial charge is 0.355 e. The Labute approximate surface area is 182 Å². The lowest BCUT2D eigenvalue weighted by molar-refractivity contribution is -0.113. The van der Waals surface area contributed by atoms with E-state index in [0.717, 1.165) is 11.1 Å². The van der Waals surface area contributed by atoms with Crippen molar-refractivity contribution in [1.82, 2.24) is 14.5 Å². The van der Waals surface area contributed by atoms with E-state index >= 15 is 0 Å². The Morgan fingerprint density at radius 1 is 1.13 bits per heavy atom. The SMILES string of the molecule is CC(=O)c1cccc(NC(=O)CSc2nc3c(-c4ccccc4)c[nH]c3c(=O)n2C)c1. The molecule has 0 aliphatic rings. The Morgan fingerprint density at radius 2 is 1.90 bits per heavy atom. The van der Waals surface area contributed by atoms with Gasteiger partial charge >= 0.3 is 0 Å². The van der Waals surface area contributed by atoms with Crippen LogP contribution in [0.25, 0.3) is 22.2 Å². The van der Waals surface area contributed by atoms with Crippen molar-refractivity contribution in [1.29, 1.82) is 0 Å². The zero-order chi connectivity index (χ0) is 22.0. The van der Waals surface area contributed by atoms with Crippen molar-refractivity contribution in [3.05, 3.63) is 76.7 Å². The molecule has 0 fully saturated rings. The first kappa shape index (κ1) is 20.6. The molecule has 2 aromatic heterocycles. The summed E-state index contributed by atoms with van der Waals surface area (Å²) in [4.78, 5) is 44.4. The van der Waals surface area contributed by atoms with Gasteiger partial charge in [0.2, 0.25) is 5.91 Å². The van der Waals surface area contributed by atoms with Gasteiger partial charge in [0.05, 0.1) is 5.75 Å². The van der Waals surface area contributed by atoms with Crippen molar-refractivity contribution < 1.29 is 9.59 Å². The number of nitrogens with one attached hydrogen (secondary N) is 2. The van der Waals surface area contributed by atoms with Crippen LogP contribution in [0.5, 0.6) is 0 Å². The fourth-order valence-corrected chi connectivity index (χ4v) is 3.99. The summed E-state index contributed by atoms with van der Waals surface area (Å²) in [5, 5.41) is 3.22. The molecule has 0 spiro atoms. The van der Waals surface area contributed by atoms with Crippen LogP contribution in [0.1, 0.15) is 17.3 Å². The lowest BCUT2D eigenvalue weighted by atomic mass is 10.1. The molecule has 31 heavy (non-hydrogen) atoms. The summed E-state index contributed by atoms with van der Waals surface area (Å²) in [7, 11) is 1.63. The molecule has 0 aliphatic heterocycles. The summed E-state index contributed by atoms with van der Waals surface area (Å²) in [6.07, 6.45) is 1.78. The maximum Gasteiger partial charge on any atom is 0.278 e. The highest BCUT2D eigenvalue weighted by atomic mass is 32.2. The number of aromatic amines is 1. The summed E-state index contributed by atoms with van der Waals surface area (Å²) in [5.74, 6) is -0.252. The van der Waals surface area contributed by atoms with Crippen molar-refractivity contribution >= 4 is 40.2 Å². The molecule has 156 valence electrons. The average molecular weight is 433 g/mol. The van der Waals surface area contributed by atoms with Gasteiger partial charge in [-0.15, -0.1) is 0 Å². The number of fused-ring (bicyclic) bond motifs is 1. The molecule has 2 N–H and O–H groups in total. The lowest BCUT2D eigenvalue weighted by Gasteiger charge is -2.09. The van der Waals surface area contributed by atoms with Crippen LogP contribution in [0.4, 0.5) is 5.69 Å². The topological polar surface area (TPSA) is 96.8 Å². The molecule has 7 nitrogen and oxygen atoms in total. The summed E-state index contributed by atoms with van der Waals surface area (Å²) >= 11 is 1.18. The number of carbonyl (C=O) groups excluding carboxylic acids is 2. The van der Waals surface area contributed by atoms with Gasteiger partial charge in [0, 0.05) is 30.1 Å². The molecule has 0 unspecified atom stereocenters. The number of aromatic nitrogens is 3. The molecular weight excluding hydrogens is 412 g/mol. The quantitative estimate of drug-likeness (QED) is 0.274. The van der Waals surface area contributed by atoms with Crippen LogP contribution in [0.3, 0.4) is 0 Å². The molecule has 2 aromatic carbocycles. The van der Waals surface area contributed by atoms with E-state index in [1.165, 1.54) is 23.3 Å². The third kappa shape index (κ3) is 4.29. The Morgan fingerprint density at radius 3 is 2.65 bits per heavy atom. The van der Waals surface area contributed by atoms with E-state index in [2.05, 4.69) is 15.3 Å². The minimum atomic E-state index is -0.252. The molecule has 0 saturated carbocycles. The van der Waals surface area contributed by atoms with Gasteiger partial charge < -0.3 is 10.3 Å². The number of thioether (sulfide) groups is 1. The molecule has 0 bridgehead atoms. The van der Waals surface area contributed by atoms with Crippen molar-refractivity contribution in [2.75, 3.05) is 11.1 Å². The van der Waals surface area contributed by atoms with Gasteiger partial charge in [-0.2, -0.15) is 0 Å². The predicted octanol–water partition coefficient (Wildman–Crippen LogP) is 3.86. The second-order valence-electron chi connectivity index (χ2n) is 7.02. The van der Waals surface area contributed by atoms with Crippen LogP contribution >= 0.6 is 11.8 Å². The Bertz CT molecular complexity index is 1340. The molecule has 4 aromatic rings. The average Bonchev–Trinajstić information content (AvgIpc) is 3.20. The minimum absolute atomic E-state index is 0.0706. The number of hydrogen-bond donors (Lipinski definition) is 2. The maximum absolute atomic E-state index is 12.8. The molecule has 0 saturated heterocycles. The number of ketones is 1. The number of benzene rings is 2. The molecule has 2 heterocycles. The van der Waals surface area contributed by atoms with E-state index in [9.17, 15) is 14.4 Å². The van der Waals surface area contributed by atoms with E-state index in [0.29, 0.717) is 27.4 Å². The van der Waals surface area contributed by atoms with Crippen molar-refractivity contribution in [2.24, 2.45) is 7.05 Å². The van der Waals surface area contributed by atoms with E-state index in [4.69, 9.17) is 0 Å². The minimum Gasteiger partial charge on any atom is -0.355 e. The van der Waals surface area contributed by atoms with Gasteiger partial charge in [0.1, 0.15) is 11.0 Å². The number of carbonyl (C=O) groups is 2. The summed E-state index contributed by atoms with van der Waals surface area (Å²) in [6, 6.07) is 16.5. The Kier molecular flexibility index (Phi) is 5.73. The van der Waals surface area contributed by atoms with Crippen LogP contribution in [0, 0.1) is 0 Å². The molecule has 0 aliphatic carbocycles. The number of anilines is 1. The molecule has 1 amide bonds. The fraction of sp³-hybridized carbons (Fsp3) is 0.130. The number of nitrogens with zero attached hydrogens (tertiary/aromatic N) is 2. The number of rotatable bonds is 6. The molecule has 0 atom stereocenters. The van der Waals surface area contributed by atoms with Gasteiger partial charge in [-0.05, 0) is 24.6 Å². The van der Waals surface area contributed by atoms with E-state index in [1.807, 2.05) is 30.3 Å². The van der Waals surface area contributed by atoms with E-state index in [-0.39, 0.29) is 23.0 Å². The van der Waals surface area contributed by atoms with Crippen LogP contribution in [0.15, 0.2) is 70.7 Å². The highest BCUT2D eigenvalue weighted by molar-refractivity contribution is 7.99. The monoisotopic (exact) mass is 432 g/mol. The van der Waals surface area contributed by atoms with E-state index in [1.54, 1.807) is 37.5 Å². The van der Waals surface area contributed by atoms with Gasteiger partial charge in [-0.25, -0.2) is 4.98 Å². The third-order valence-corrected chi connectivity index (χ3v) is 5.87. The highest BCUT2D eigenvalue weighted by Gasteiger charge is 2.16. The van der Waals surface area contributed by atoms with Crippen molar-refractivity contribution in [3.63, 3.8) is 0 Å². The zero-order valence-electron chi connectivity index (χ0n) is 17.0. The van der Waals surface area contributed by atoms with Crippen molar-refractivity contribution in [3.8, 4) is 11.1 Å². The second-order valence-corrected chi connectivity index (χ2v) is 7.97. The zero-order valence-corrected chi connectivity index (χ0v) is 17.8. The number of hydrogen-bond acceptors (Lipinski definition) is 5. The summed E-state index contributed by atoms with van der Waals surface area (Å²) < 4.78 is 1.43. The van der Waals surface area contributed by atoms with Crippen LogP contribution in [-0.2, 0) is 11.8 Å². The summed E-state index contributed by atoms with van der Waals surface area (Å²) in [6.45, 7) is 1.48. The van der Waals surface area contributed by atoms with Gasteiger partial charge in [-0.3, -0.25) is 19.0 Å². The Balaban J connectivity index is 1.56. The van der Waals surface area contributed by atoms with Crippen LogP contribution < -0.4 is 10.9 Å². The van der Waals surface area contributed by atoms with Crippen LogP contribution in [0.2, 0.25) is 0 Å². The molecule has 0 radical (unpaired) electrons. The van der Waals surface area contributed by atoms with Gasteiger partial charge in [-0.1, -0.05) is 54.2 Å². The van der Waals surface area contributed by atoms with Gasteiger partial charge in [0.25, 0.3) is 5.56 Å². The number of amides is 1. The lowest BCUT2D eigenvalue weighted by Crippen LogP contribution is -2.21. The number of Topliss-reactive ketones (excluding diaryl/α,β-unsaturated/α-hetero) is 1. The molecular formula is C23H20N4O3S. The van der Waals surface area contributed by atoms with Crippen molar-refractivity contribution in [2.45, 2.75) is 12.1 Å². The Hall–Kier alpha value is -3.65. The first-order valence-corrected chi connectivity index (χ1v) is 10.6. The first-order chi connectivity index (χ1) is 14.9. The van der Waals surface area contributed by atoms with Crippen LogP contribution in [-0.4, -0.2) is 32.0 Å². The van der Waals surface area contributed by atoms with Gasteiger partial charge in [0.15, 0.2) is 10.9 Å². The maximum atomic E-state index is 12.8. The fourth-order valence-electron chi connectivity index (χ4n) is 3.23. The normalized spacial score (nSPS) is 10.9. The van der Waals surface area contributed by atoms with E-state index < -0.39 is 0 Å².